The molecule has 1 atom stereocenters. The van der Waals surface area contributed by atoms with Crippen LogP contribution in [0.25, 0.3) is 0 Å². The highest BCUT2D eigenvalue weighted by atomic mass is 19.1. The first kappa shape index (κ1) is 27.1. The zero-order valence-electron chi connectivity index (χ0n) is 21.7. The number of hydrogen-bond donors (Lipinski definition) is 2. The molecule has 2 amide bonds. The van der Waals surface area contributed by atoms with Crippen molar-refractivity contribution in [1.82, 2.24) is 14.7 Å². The van der Waals surface area contributed by atoms with Crippen LogP contribution in [0.4, 0.5) is 10.2 Å². The Morgan fingerprint density at radius 1 is 1.11 bits per heavy atom. The third-order valence-electron chi connectivity index (χ3n) is 5.70. The van der Waals surface area contributed by atoms with Crippen LogP contribution in [0.2, 0.25) is 0 Å². The van der Waals surface area contributed by atoms with Gasteiger partial charge in [0.15, 0.2) is 17.4 Å². The number of likely N-dealkylation sites (tertiary alicyclic amines) is 1. The average Bonchev–Trinajstić information content (AvgIpc) is 3.25. The van der Waals surface area contributed by atoms with Crippen LogP contribution >= 0.6 is 0 Å². The molecule has 10 nitrogen and oxygen atoms in total. The average molecular weight is 527 g/mol. The van der Waals surface area contributed by atoms with E-state index in [4.69, 9.17) is 14.2 Å². The fourth-order valence-corrected chi connectivity index (χ4v) is 3.87. The first-order valence-corrected chi connectivity index (χ1v) is 12.3. The van der Waals surface area contributed by atoms with Crippen LogP contribution in [0.5, 0.6) is 17.2 Å². The molecule has 1 aliphatic rings. The zero-order chi connectivity index (χ0) is 27.4. The fourth-order valence-electron chi connectivity index (χ4n) is 3.87. The lowest BCUT2D eigenvalue weighted by Crippen LogP contribution is -2.55. The third-order valence-corrected chi connectivity index (χ3v) is 5.70. The molecule has 0 unspecified atom stereocenters. The molecule has 0 saturated carbocycles. The number of rotatable bonds is 10. The molecule has 38 heavy (non-hydrogen) atoms. The van der Waals surface area contributed by atoms with E-state index in [0.29, 0.717) is 18.9 Å². The number of hydrogen-bond acceptors (Lipinski definition) is 7. The summed E-state index contributed by atoms with van der Waals surface area (Å²) in [6.07, 6.45) is 1.19. The highest BCUT2D eigenvalue weighted by molar-refractivity contribution is 6.04. The largest absolute Gasteiger partial charge is 0.488 e. The van der Waals surface area contributed by atoms with E-state index in [2.05, 4.69) is 10.4 Å². The Kier molecular flexibility index (Phi) is 8.28. The van der Waals surface area contributed by atoms with Crippen LogP contribution in [-0.2, 0) is 11.8 Å². The van der Waals surface area contributed by atoms with Crippen molar-refractivity contribution in [3.63, 3.8) is 0 Å². The molecule has 3 aromatic rings. The minimum absolute atomic E-state index is 0.0153. The summed E-state index contributed by atoms with van der Waals surface area (Å²) >= 11 is 0. The lowest BCUT2D eigenvalue weighted by Gasteiger charge is -2.39. The summed E-state index contributed by atoms with van der Waals surface area (Å²) in [6.45, 7) is 6.20. The van der Waals surface area contributed by atoms with Gasteiger partial charge in [0.1, 0.15) is 17.6 Å². The summed E-state index contributed by atoms with van der Waals surface area (Å²) in [5.74, 6) is -0.903. The predicted octanol–water partition coefficient (Wildman–Crippen LogP) is 3.61. The van der Waals surface area contributed by atoms with Gasteiger partial charge in [-0.05, 0) is 51.1 Å². The Balaban J connectivity index is 1.50. The Morgan fingerprint density at radius 3 is 2.47 bits per heavy atom. The van der Waals surface area contributed by atoms with E-state index < -0.39 is 17.8 Å². The number of aryl methyl sites for hydroxylation is 1. The van der Waals surface area contributed by atoms with E-state index in [1.807, 2.05) is 13.8 Å². The molecule has 0 aliphatic carbocycles. The number of aliphatic hydroxyl groups is 1. The molecule has 2 heterocycles. The van der Waals surface area contributed by atoms with Crippen molar-refractivity contribution < 1.29 is 33.3 Å². The van der Waals surface area contributed by atoms with Gasteiger partial charge in [-0.2, -0.15) is 5.10 Å². The van der Waals surface area contributed by atoms with Gasteiger partial charge in [0.25, 0.3) is 11.8 Å². The second kappa shape index (κ2) is 11.6. The van der Waals surface area contributed by atoms with Gasteiger partial charge in [-0.15, -0.1) is 0 Å². The molecule has 2 N–H and O–H groups in total. The van der Waals surface area contributed by atoms with E-state index in [1.165, 1.54) is 30.3 Å². The molecule has 1 aliphatic heterocycles. The molecule has 4 rings (SSSR count). The summed E-state index contributed by atoms with van der Waals surface area (Å²) in [6, 6.07) is 10.0. The maximum absolute atomic E-state index is 15.0. The van der Waals surface area contributed by atoms with Gasteiger partial charge in [0.05, 0.1) is 18.8 Å². The molecular formula is C27H31FN4O6. The van der Waals surface area contributed by atoms with Crippen molar-refractivity contribution in [1.29, 1.82) is 0 Å². The maximum Gasteiger partial charge on any atom is 0.257 e. The van der Waals surface area contributed by atoms with E-state index in [-0.39, 0.29) is 53.1 Å². The Hall–Kier alpha value is -3.96. The van der Waals surface area contributed by atoms with E-state index in [0.717, 1.165) is 6.07 Å². The number of ether oxygens (including phenoxy) is 3. The number of nitrogens with one attached hydrogen (secondary N) is 1. The molecule has 1 saturated heterocycles. The van der Waals surface area contributed by atoms with Gasteiger partial charge in [0, 0.05) is 49.6 Å². The summed E-state index contributed by atoms with van der Waals surface area (Å²) in [7, 11) is 1.72. The van der Waals surface area contributed by atoms with Gasteiger partial charge in [0.2, 0.25) is 0 Å². The number of amides is 2. The number of aromatic nitrogens is 2. The highest BCUT2D eigenvalue weighted by Gasteiger charge is 2.32. The number of aliphatic hydroxyl groups excluding tert-OH is 1. The molecule has 0 radical (unpaired) electrons. The van der Waals surface area contributed by atoms with E-state index in [1.54, 1.807) is 35.8 Å². The Labute approximate surface area is 219 Å². The minimum Gasteiger partial charge on any atom is -0.488 e. The maximum atomic E-state index is 15.0. The number of carbonyl (C=O) groups is 2. The Bertz CT molecular complexity index is 1300. The standard InChI is InChI=1S/C27H31FN4O6/c1-16(2)36-22-13-32(14-22)27(35)18-5-6-24(23(28)11-18)38-21-10-19(9-20(12-21)37-17(3)15-33)26(34)29-25-7-8-31(4)30-25/h5-12,16-17,22,33H,13-15H2,1-4H3,(H,29,30,34)/t17-/m0/s1. The normalized spacial score (nSPS) is 14.2. The molecule has 2 aromatic carbocycles. The SMILES string of the molecule is CC(C)OC1CN(C(=O)c2ccc(Oc3cc(O[C@@H](C)CO)cc(C(=O)Nc4ccn(C)n4)c3)c(F)c2)C1. The van der Waals surface area contributed by atoms with Crippen LogP contribution in [0.15, 0.2) is 48.7 Å². The van der Waals surface area contributed by atoms with Crippen LogP contribution in [-0.4, -0.2) is 69.6 Å². The monoisotopic (exact) mass is 526 g/mol. The van der Waals surface area contributed by atoms with E-state index in [9.17, 15) is 19.1 Å². The summed E-state index contributed by atoms with van der Waals surface area (Å²) < 4.78 is 33.6. The highest BCUT2D eigenvalue weighted by Crippen LogP contribution is 2.31. The molecule has 11 heteroatoms. The van der Waals surface area contributed by atoms with Gasteiger partial charge >= 0.3 is 0 Å². The predicted molar refractivity (Wildman–Crippen MR) is 137 cm³/mol. The van der Waals surface area contributed by atoms with Crippen molar-refractivity contribution in [2.24, 2.45) is 7.05 Å². The Morgan fingerprint density at radius 2 is 1.84 bits per heavy atom. The van der Waals surface area contributed by atoms with Crippen LogP contribution < -0.4 is 14.8 Å². The van der Waals surface area contributed by atoms with Crippen molar-refractivity contribution in [3.8, 4) is 17.2 Å². The van der Waals surface area contributed by atoms with Crippen molar-refractivity contribution >= 4 is 17.6 Å². The molecule has 1 fully saturated rings. The van der Waals surface area contributed by atoms with Crippen molar-refractivity contribution in [3.05, 3.63) is 65.6 Å². The van der Waals surface area contributed by atoms with Crippen LogP contribution in [0.1, 0.15) is 41.5 Å². The molecule has 0 bridgehead atoms. The molecule has 1 aromatic heterocycles. The lowest BCUT2D eigenvalue weighted by molar-refractivity contribution is -0.0684. The fraction of sp³-hybridized carbons (Fsp3) is 0.370. The first-order chi connectivity index (χ1) is 18.1. The first-order valence-electron chi connectivity index (χ1n) is 12.3. The third kappa shape index (κ3) is 6.67. The number of anilines is 1. The number of carbonyl (C=O) groups excluding carboxylic acids is 2. The second-order valence-corrected chi connectivity index (χ2v) is 9.40. The second-order valence-electron chi connectivity index (χ2n) is 9.40. The topological polar surface area (TPSA) is 115 Å². The van der Waals surface area contributed by atoms with E-state index >= 15 is 0 Å². The quantitative estimate of drug-likeness (QED) is 0.415. The van der Waals surface area contributed by atoms with Crippen molar-refractivity contribution in [2.45, 2.75) is 39.1 Å². The zero-order valence-corrected chi connectivity index (χ0v) is 21.7. The summed E-state index contributed by atoms with van der Waals surface area (Å²) in [4.78, 5) is 27.2. The van der Waals surface area contributed by atoms with Crippen LogP contribution in [0, 0.1) is 5.82 Å². The lowest BCUT2D eigenvalue weighted by atomic mass is 10.1. The summed E-state index contributed by atoms with van der Waals surface area (Å²) in [5.41, 5.74) is 0.374. The number of benzene rings is 2. The number of halogens is 1. The molecule has 0 spiro atoms. The van der Waals surface area contributed by atoms with Gasteiger partial charge in [-0.1, -0.05) is 0 Å². The van der Waals surface area contributed by atoms with Gasteiger partial charge in [-0.25, -0.2) is 4.39 Å². The van der Waals surface area contributed by atoms with Gasteiger partial charge in [-0.3, -0.25) is 14.3 Å². The molecular weight excluding hydrogens is 495 g/mol. The number of nitrogens with zero attached hydrogens (tertiary/aromatic N) is 3. The minimum atomic E-state index is -0.735. The van der Waals surface area contributed by atoms with Gasteiger partial charge < -0.3 is 29.5 Å². The summed E-state index contributed by atoms with van der Waals surface area (Å²) in [5, 5.41) is 16.2. The van der Waals surface area contributed by atoms with Crippen molar-refractivity contribution in [2.75, 3.05) is 25.0 Å². The molecule has 202 valence electrons. The smallest absolute Gasteiger partial charge is 0.257 e. The van der Waals surface area contributed by atoms with Crippen LogP contribution in [0.3, 0.4) is 0 Å².